The number of rotatable bonds is 4. The summed E-state index contributed by atoms with van der Waals surface area (Å²) in [7, 11) is -6.01. The van der Waals surface area contributed by atoms with Gasteiger partial charge in [0.1, 0.15) is 0 Å². The molecule has 0 bridgehead atoms. The van der Waals surface area contributed by atoms with Gasteiger partial charge >= 0.3 is 0 Å². The van der Waals surface area contributed by atoms with E-state index >= 15 is 0 Å². The van der Waals surface area contributed by atoms with E-state index in [0.717, 1.165) is 0 Å². The standard InChI is InChI=1S/C16H17ClN2O4S2/c1-11-3-4-13(17)10-16(11)25(22,23)19-8-7-12-9-14(5-6-15(12)19)24(20,21)18-2/h3-6,9-10,18H,7-8H2,1-2H3. The zero-order valence-electron chi connectivity index (χ0n) is 13.7. The molecule has 9 heteroatoms. The smallest absolute Gasteiger partial charge is 0.264 e. The van der Waals surface area contributed by atoms with Crippen LogP contribution in [-0.2, 0) is 26.5 Å². The third-order valence-corrected chi connectivity index (χ3v) is 7.80. The van der Waals surface area contributed by atoms with E-state index in [1.165, 1.54) is 35.6 Å². The molecule has 1 aliphatic heterocycles. The van der Waals surface area contributed by atoms with Crippen LogP contribution in [0, 0.1) is 6.92 Å². The van der Waals surface area contributed by atoms with Crippen LogP contribution < -0.4 is 9.03 Å². The average molecular weight is 401 g/mol. The number of anilines is 1. The number of nitrogens with one attached hydrogen (secondary N) is 1. The number of sulfonamides is 2. The SMILES string of the molecule is CNS(=O)(=O)c1ccc2c(c1)CCN2S(=O)(=O)c1cc(Cl)ccc1C. The lowest BCUT2D eigenvalue weighted by molar-refractivity contribution is 0.587. The van der Waals surface area contributed by atoms with Crippen molar-refractivity contribution in [2.45, 2.75) is 23.1 Å². The minimum absolute atomic E-state index is 0.118. The number of nitrogens with zero attached hydrogens (tertiary/aromatic N) is 1. The summed E-state index contributed by atoms with van der Waals surface area (Å²) in [5.74, 6) is 0. The summed E-state index contributed by atoms with van der Waals surface area (Å²) in [4.78, 5) is 0.270. The van der Waals surface area contributed by atoms with E-state index in [1.807, 2.05) is 0 Å². The van der Waals surface area contributed by atoms with Crippen molar-refractivity contribution < 1.29 is 16.8 Å². The summed E-state index contributed by atoms with van der Waals surface area (Å²) >= 11 is 5.96. The van der Waals surface area contributed by atoms with Crippen LogP contribution >= 0.6 is 11.6 Å². The molecule has 25 heavy (non-hydrogen) atoms. The molecule has 3 rings (SSSR count). The summed E-state index contributed by atoms with van der Waals surface area (Å²) in [6, 6.07) is 9.19. The third kappa shape index (κ3) is 3.15. The highest BCUT2D eigenvalue weighted by Gasteiger charge is 2.32. The Morgan fingerprint density at radius 3 is 2.48 bits per heavy atom. The molecular weight excluding hydrogens is 384 g/mol. The summed E-state index contributed by atoms with van der Waals surface area (Å²) in [6.45, 7) is 1.97. The quantitative estimate of drug-likeness (QED) is 0.853. The maximum atomic E-state index is 13.0. The van der Waals surface area contributed by atoms with Crippen molar-refractivity contribution in [1.29, 1.82) is 0 Å². The Morgan fingerprint density at radius 2 is 1.80 bits per heavy atom. The van der Waals surface area contributed by atoms with Gasteiger partial charge in [0.15, 0.2) is 0 Å². The maximum Gasteiger partial charge on any atom is 0.264 e. The van der Waals surface area contributed by atoms with Gasteiger partial charge in [0.05, 0.1) is 15.5 Å². The Labute approximate surface area is 152 Å². The fourth-order valence-corrected chi connectivity index (χ4v) is 5.63. The average Bonchev–Trinajstić information content (AvgIpc) is 3.00. The molecule has 0 aromatic heterocycles. The van der Waals surface area contributed by atoms with Gasteiger partial charge < -0.3 is 0 Å². The highest BCUT2D eigenvalue weighted by molar-refractivity contribution is 7.93. The molecule has 0 atom stereocenters. The van der Waals surface area contributed by atoms with Crippen LogP contribution in [0.4, 0.5) is 5.69 Å². The Morgan fingerprint density at radius 1 is 1.08 bits per heavy atom. The molecule has 1 heterocycles. The summed E-state index contributed by atoms with van der Waals surface area (Å²) in [6.07, 6.45) is 0.446. The van der Waals surface area contributed by atoms with Gasteiger partial charge in [0, 0.05) is 11.6 Å². The summed E-state index contributed by atoms with van der Waals surface area (Å²) in [5.41, 5.74) is 1.78. The first kappa shape index (κ1) is 18.2. The number of halogens is 1. The molecule has 1 N–H and O–H groups in total. The van der Waals surface area contributed by atoms with E-state index in [4.69, 9.17) is 11.6 Å². The fraction of sp³-hybridized carbons (Fsp3) is 0.250. The highest BCUT2D eigenvalue weighted by atomic mass is 35.5. The molecule has 0 unspecified atom stereocenters. The molecule has 0 radical (unpaired) electrons. The normalized spacial score (nSPS) is 14.6. The van der Waals surface area contributed by atoms with Crippen LogP contribution in [0.3, 0.4) is 0 Å². The molecule has 0 aliphatic carbocycles. The van der Waals surface area contributed by atoms with E-state index in [0.29, 0.717) is 28.3 Å². The van der Waals surface area contributed by atoms with Gasteiger partial charge in [-0.1, -0.05) is 17.7 Å². The van der Waals surface area contributed by atoms with Crippen LogP contribution in [0.25, 0.3) is 0 Å². The Hall–Kier alpha value is -1.61. The monoisotopic (exact) mass is 400 g/mol. The number of benzene rings is 2. The Balaban J connectivity index is 2.07. The van der Waals surface area contributed by atoms with Crippen molar-refractivity contribution >= 4 is 37.3 Å². The Bertz CT molecular complexity index is 1050. The Kier molecular flexibility index (Phi) is 4.57. The van der Waals surface area contributed by atoms with Crippen LogP contribution in [0.15, 0.2) is 46.2 Å². The zero-order chi connectivity index (χ0) is 18.4. The van der Waals surface area contributed by atoms with E-state index in [-0.39, 0.29) is 16.3 Å². The van der Waals surface area contributed by atoms with Crippen LogP contribution in [0.1, 0.15) is 11.1 Å². The van der Waals surface area contributed by atoms with Crippen molar-refractivity contribution in [3.05, 3.63) is 52.5 Å². The minimum Gasteiger partial charge on any atom is -0.266 e. The van der Waals surface area contributed by atoms with Gasteiger partial charge in [-0.2, -0.15) is 0 Å². The van der Waals surface area contributed by atoms with E-state index in [2.05, 4.69) is 4.72 Å². The van der Waals surface area contributed by atoms with Crippen LogP contribution in [-0.4, -0.2) is 30.4 Å². The molecular formula is C16H17ClN2O4S2. The van der Waals surface area contributed by atoms with Gasteiger partial charge in [0.2, 0.25) is 10.0 Å². The molecule has 0 saturated carbocycles. The fourth-order valence-electron chi connectivity index (χ4n) is 2.85. The predicted octanol–water partition coefficient (Wildman–Crippen LogP) is 2.31. The first-order valence-electron chi connectivity index (χ1n) is 7.52. The highest BCUT2D eigenvalue weighted by Crippen LogP contribution is 2.35. The second kappa shape index (κ2) is 6.28. The second-order valence-electron chi connectivity index (χ2n) is 5.74. The molecule has 134 valence electrons. The van der Waals surface area contributed by atoms with Crippen molar-refractivity contribution in [1.82, 2.24) is 4.72 Å². The number of aryl methyl sites for hydroxylation is 1. The van der Waals surface area contributed by atoms with Crippen molar-refractivity contribution in [3.8, 4) is 0 Å². The van der Waals surface area contributed by atoms with Gasteiger partial charge in [-0.25, -0.2) is 21.6 Å². The lowest BCUT2D eigenvalue weighted by Gasteiger charge is -2.21. The largest absolute Gasteiger partial charge is 0.266 e. The van der Waals surface area contributed by atoms with E-state index in [9.17, 15) is 16.8 Å². The van der Waals surface area contributed by atoms with Gasteiger partial charge in [-0.05, 0) is 61.9 Å². The lowest BCUT2D eigenvalue weighted by Crippen LogP contribution is -2.29. The topological polar surface area (TPSA) is 83.6 Å². The molecule has 6 nitrogen and oxygen atoms in total. The minimum atomic E-state index is -3.78. The predicted molar refractivity (Wildman–Crippen MR) is 97.1 cm³/mol. The van der Waals surface area contributed by atoms with Gasteiger partial charge in [0.25, 0.3) is 10.0 Å². The first-order valence-corrected chi connectivity index (χ1v) is 10.8. The number of hydrogen-bond acceptors (Lipinski definition) is 4. The van der Waals surface area contributed by atoms with Crippen molar-refractivity contribution in [2.24, 2.45) is 0 Å². The third-order valence-electron chi connectivity index (χ3n) is 4.20. The molecule has 0 amide bonds. The van der Waals surface area contributed by atoms with E-state index in [1.54, 1.807) is 19.1 Å². The van der Waals surface area contributed by atoms with Crippen LogP contribution in [0.2, 0.25) is 5.02 Å². The van der Waals surface area contributed by atoms with Crippen molar-refractivity contribution in [3.63, 3.8) is 0 Å². The summed E-state index contributed by atoms with van der Waals surface area (Å²) < 4.78 is 53.5. The van der Waals surface area contributed by atoms with Gasteiger partial charge in [-0.3, -0.25) is 4.31 Å². The molecule has 1 aliphatic rings. The maximum absolute atomic E-state index is 13.0. The summed E-state index contributed by atoms with van der Waals surface area (Å²) in [5, 5.41) is 0.346. The van der Waals surface area contributed by atoms with Gasteiger partial charge in [-0.15, -0.1) is 0 Å². The molecule has 0 saturated heterocycles. The van der Waals surface area contributed by atoms with E-state index < -0.39 is 20.0 Å². The zero-order valence-corrected chi connectivity index (χ0v) is 16.0. The molecule has 2 aromatic carbocycles. The van der Waals surface area contributed by atoms with Crippen LogP contribution in [0.5, 0.6) is 0 Å². The second-order valence-corrected chi connectivity index (χ2v) is 9.89. The first-order chi connectivity index (χ1) is 11.7. The number of fused-ring (bicyclic) bond motifs is 1. The molecule has 2 aromatic rings. The molecule has 0 fully saturated rings. The lowest BCUT2D eigenvalue weighted by atomic mass is 10.2. The molecule has 0 spiro atoms. The van der Waals surface area contributed by atoms with Crippen molar-refractivity contribution in [2.75, 3.05) is 17.9 Å². The number of hydrogen-bond donors (Lipinski definition) is 1.